The molecule has 0 radical (unpaired) electrons. The van der Waals surface area contributed by atoms with Crippen molar-refractivity contribution in [1.29, 1.82) is 0 Å². The molecule has 1 aliphatic heterocycles. The average molecular weight is 366 g/mol. The van der Waals surface area contributed by atoms with E-state index >= 15 is 0 Å². The number of nitrogens with one attached hydrogen (secondary N) is 1. The van der Waals surface area contributed by atoms with Gasteiger partial charge >= 0.3 is 0 Å². The highest BCUT2D eigenvalue weighted by atomic mass is 32.2. The number of carbonyl (C=O) groups is 1. The monoisotopic (exact) mass is 366 g/mol. The molecule has 24 heavy (non-hydrogen) atoms. The first kappa shape index (κ1) is 17.1. The lowest BCUT2D eigenvalue weighted by Gasteiger charge is -2.25. The number of rotatable bonds is 4. The topological polar surface area (TPSA) is 85.4 Å². The van der Waals surface area contributed by atoms with E-state index in [-0.39, 0.29) is 10.6 Å². The zero-order chi connectivity index (χ0) is 17.3. The molecule has 0 saturated heterocycles. The quantitative estimate of drug-likeness (QED) is 0.897. The number of hydrogen-bond donors (Lipinski definition) is 1. The van der Waals surface area contributed by atoms with Gasteiger partial charge < -0.3 is 4.74 Å². The zero-order valence-electron chi connectivity index (χ0n) is 13.4. The molecule has 0 bridgehead atoms. The molecular weight excluding hydrogens is 348 g/mol. The summed E-state index contributed by atoms with van der Waals surface area (Å²) in [5.41, 5.74) is 2.48. The molecule has 128 valence electrons. The molecule has 0 saturated carbocycles. The third-order valence-electron chi connectivity index (χ3n) is 3.82. The maximum Gasteiger partial charge on any atom is 0.275 e. The van der Waals surface area contributed by atoms with Crippen LogP contribution in [-0.2, 0) is 26.0 Å². The Morgan fingerprint density at radius 2 is 2.12 bits per heavy atom. The highest BCUT2D eigenvalue weighted by Crippen LogP contribution is 2.30. The summed E-state index contributed by atoms with van der Waals surface area (Å²) in [6.45, 7) is 3.86. The number of hydrogen-bond acceptors (Lipinski definition) is 6. The van der Waals surface area contributed by atoms with Crippen LogP contribution >= 0.6 is 11.3 Å². The Morgan fingerprint density at radius 3 is 2.83 bits per heavy atom. The molecule has 3 rings (SSSR count). The minimum atomic E-state index is -3.90. The summed E-state index contributed by atoms with van der Waals surface area (Å²) in [7, 11) is -3.90. The molecular formula is C16H18N2O4S2. The minimum absolute atomic E-state index is 0.0346. The summed E-state index contributed by atoms with van der Waals surface area (Å²) in [4.78, 5) is 16.3. The third-order valence-corrected chi connectivity index (χ3v) is 6.87. The standard InChI is InChI=1S/C16H18N2O4S2/c1-10-16(23-11(2)17-10)24(20,21)18-15(19)9-14-13-6-4-3-5-12(13)7-8-22-14/h3-6,14H,7-9H2,1-2H3,(H,18,19). The number of aryl methyl sites for hydroxylation is 2. The number of ether oxygens (including phenoxy) is 1. The van der Waals surface area contributed by atoms with Gasteiger partial charge in [0.15, 0.2) is 4.21 Å². The lowest BCUT2D eigenvalue weighted by molar-refractivity contribution is -0.122. The van der Waals surface area contributed by atoms with Gasteiger partial charge in [-0.05, 0) is 31.4 Å². The molecule has 1 atom stereocenters. The fourth-order valence-electron chi connectivity index (χ4n) is 2.81. The van der Waals surface area contributed by atoms with E-state index in [0.717, 1.165) is 28.9 Å². The fraction of sp³-hybridized carbons (Fsp3) is 0.375. The van der Waals surface area contributed by atoms with E-state index in [1.54, 1.807) is 13.8 Å². The maximum absolute atomic E-state index is 12.4. The summed E-state index contributed by atoms with van der Waals surface area (Å²) >= 11 is 1.05. The van der Waals surface area contributed by atoms with Crippen LogP contribution in [0.5, 0.6) is 0 Å². The Bertz CT molecular complexity index is 874. The molecule has 8 heteroatoms. The van der Waals surface area contributed by atoms with Crippen LogP contribution in [0.15, 0.2) is 28.5 Å². The van der Waals surface area contributed by atoms with E-state index in [2.05, 4.69) is 9.71 Å². The molecule has 1 unspecified atom stereocenters. The highest BCUT2D eigenvalue weighted by molar-refractivity contribution is 7.92. The SMILES string of the molecule is Cc1nc(C)c(S(=O)(=O)NC(=O)CC2OCCc3ccccc32)s1. The van der Waals surface area contributed by atoms with Crippen LogP contribution in [0.1, 0.15) is 34.4 Å². The van der Waals surface area contributed by atoms with Crippen molar-refractivity contribution >= 4 is 27.3 Å². The van der Waals surface area contributed by atoms with E-state index in [0.29, 0.717) is 17.3 Å². The van der Waals surface area contributed by atoms with Crippen LogP contribution < -0.4 is 4.72 Å². The fourth-order valence-corrected chi connectivity index (χ4v) is 5.29. The van der Waals surface area contributed by atoms with Gasteiger partial charge in [0.1, 0.15) is 0 Å². The number of amides is 1. The first-order valence-corrected chi connectivity index (χ1v) is 9.86. The Hall–Kier alpha value is -1.77. The average Bonchev–Trinajstić information content (AvgIpc) is 2.86. The van der Waals surface area contributed by atoms with Crippen molar-refractivity contribution < 1.29 is 17.9 Å². The highest BCUT2D eigenvalue weighted by Gasteiger charge is 2.27. The number of carbonyl (C=O) groups excluding carboxylic acids is 1. The third kappa shape index (κ3) is 3.50. The van der Waals surface area contributed by atoms with Crippen LogP contribution in [0.25, 0.3) is 0 Å². The van der Waals surface area contributed by atoms with Gasteiger partial charge in [-0.1, -0.05) is 24.3 Å². The molecule has 6 nitrogen and oxygen atoms in total. The lowest BCUT2D eigenvalue weighted by atomic mass is 9.96. The largest absolute Gasteiger partial charge is 0.373 e. The van der Waals surface area contributed by atoms with Gasteiger partial charge in [0.2, 0.25) is 5.91 Å². The maximum atomic E-state index is 12.4. The second-order valence-corrected chi connectivity index (χ2v) is 8.73. The van der Waals surface area contributed by atoms with Crippen molar-refractivity contribution in [3.05, 3.63) is 46.1 Å². The Balaban J connectivity index is 1.74. The summed E-state index contributed by atoms with van der Waals surface area (Å²) in [5, 5.41) is 0.643. The van der Waals surface area contributed by atoms with E-state index in [1.807, 2.05) is 24.3 Å². The van der Waals surface area contributed by atoms with Gasteiger partial charge in [-0.3, -0.25) is 4.79 Å². The van der Waals surface area contributed by atoms with Crippen molar-refractivity contribution in [2.75, 3.05) is 6.61 Å². The van der Waals surface area contributed by atoms with Crippen LogP contribution in [0.3, 0.4) is 0 Å². The summed E-state index contributed by atoms with van der Waals surface area (Å²) in [6.07, 6.45) is 0.341. The number of thiazole rings is 1. The van der Waals surface area contributed by atoms with Crippen molar-refractivity contribution in [1.82, 2.24) is 9.71 Å². The summed E-state index contributed by atoms with van der Waals surface area (Å²) in [6, 6.07) is 7.75. The van der Waals surface area contributed by atoms with Crippen LogP contribution in [-0.4, -0.2) is 25.9 Å². The summed E-state index contributed by atoms with van der Waals surface area (Å²) < 4.78 is 32.6. The van der Waals surface area contributed by atoms with Gasteiger partial charge in [-0.2, -0.15) is 0 Å². The predicted octanol–water partition coefficient (Wildman–Crippen LogP) is 2.27. The normalized spacial score (nSPS) is 17.3. The van der Waals surface area contributed by atoms with E-state index in [4.69, 9.17) is 4.74 Å². The van der Waals surface area contributed by atoms with Crippen molar-refractivity contribution in [2.24, 2.45) is 0 Å². The Morgan fingerprint density at radius 1 is 1.38 bits per heavy atom. The van der Waals surface area contributed by atoms with E-state index in [1.165, 1.54) is 0 Å². The van der Waals surface area contributed by atoms with E-state index < -0.39 is 22.0 Å². The lowest BCUT2D eigenvalue weighted by Crippen LogP contribution is -2.32. The van der Waals surface area contributed by atoms with Crippen molar-refractivity contribution in [3.63, 3.8) is 0 Å². The second-order valence-electron chi connectivity index (χ2n) is 5.65. The number of fused-ring (bicyclic) bond motifs is 1. The number of aromatic nitrogens is 1. The smallest absolute Gasteiger partial charge is 0.275 e. The second kappa shape index (κ2) is 6.62. The van der Waals surface area contributed by atoms with Crippen LogP contribution in [0, 0.1) is 13.8 Å². The molecule has 1 aromatic heterocycles. The van der Waals surface area contributed by atoms with Gasteiger partial charge in [0, 0.05) is 0 Å². The van der Waals surface area contributed by atoms with Gasteiger partial charge in [0.05, 0.1) is 29.8 Å². The molecule has 1 N–H and O–H groups in total. The van der Waals surface area contributed by atoms with Crippen molar-refractivity contribution in [3.8, 4) is 0 Å². The molecule has 1 aliphatic rings. The Labute approximate surface area is 144 Å². The molecule has 1 amide bonds. The molecule has 1 aromatic carbocycles. The molecule has 0 aliphatic carbocycles. The molecule has 0 spiro atoms. The number of sulfonamides is 1. The molecule has 2 heterocycles. The minimum Gasteiger partial charge on any atom is -0.373 e. The summed E-state index contributed by atoms with van der Waals surface area (Å²) in [5.74, 6) is -0.581. The Kier molecular flexibility index (Phi) is 4.71. The predicted molar refractivity (Wildman–Crippen MR) is 90.4 cm³/mol. The molecule has 2 aromatic rings. The van der Waals surface area contributed by atoms with Crippen LogP contribution in [0.2, 0.25) is 0 Å². The number of benzene rings is 1. The van der Waals surface area contributed by atoms with Crippen molar-refractivity contribution in [2.45, 2.75) is 37.0 Å². The van der Waals surface area contributed by atoms with E-state index in [9.17, 15) is 13.2 Å². The van der Waals surface area contributed by atoms with Gasteiger partial charge in [0.25, 0.3) is 10.0 Å². The molecule has 0 fully saturated rings. The first-order chi connectivity index (χ1) is 11.4. The van der Waals surface area contributed by atoms with Crippen LogP contribution in [0.4, 0.5) is 0 Å². The van der Waals surface area contributed by atoms with Gasteiger partial charge in [-0.15, -0.1) is 11.3 Å². The zero-order valence-corrected chi connectivity index (χ0v) is 15.0. The first-order valence-electron chi connectivity index (χ1n) is 7.56. The number of nitrogens with zero attached hydrogens (tertiary/aromatic N) is 1. The van der Waals surface area contributed by atoms with Gasteiger partial charge in [-0.25, -0.2) is 18.1 Å².